The zero-order valence-electron chi connectivity index (χ0n) is 16.3. The third kappa shape index (κ3) is 4.14. The van der Waals surface area contributed by atoms with Gasteiger partial charge in [0.15, 0.2) is 0 Å². The smallest absolute Gasteiger partial charge is 0.293 e. The molecule has 1 atom stereocenters. The monoisotopic (exact) mass is 383 g/mol. The van der Waals surface area contributed by atoms with Crippen LogP contribution < -0.4 is 10.2 Å². The number of nitro benzene ring substituents is 1. The zero-order valence-corrected chi connectivity index (χ0v) is 16.3. The van der Waals surface area contributed by atoms with E-state index in [2.05, 4.69) is 5.32 Å². The predicted molar refractivity (Wildman–Crippen MR) is 108 cm³/mol. The summed E-state index contributed by atoms with van der Waals surface area (Å²) in [5.74, 6) is -0.319. The molecule has 1 heterocycles. The number of benzene rings is 2. The molecule has 1 saturated heterocycles. The Kier molecular flexibility index (Phi) is 5.65. The molecule has 0 radical (unpaired) electrons. The second-order valence-corrected chi connectivity index (χ2v) is 7.46. The maximum absolute atomic E-state index is 12.2. The average Bonchev–Trinajstić information content (AvgIpc) is 2.67. The summed E-state index contributed by atoms with van der Waals surface area (Å²) in [5, 5.41) is 14.5. The van der Waals surface area contributed by atoms with Crippen LogP contribution in [0.3, 0.4) is 0 Å². The van der Waals surface area contributed by atoms with Gasteiger partial charge in [0.2, 0.25) is 0 Å². The van der Waals surface area contributed by atoms with E-state index in [0.717, 1.165) is 5.56 Å². The number of nitrogens with zero attached hydrogens (tertiary/aromatic N) is 2. The zero-order chi connectivity index (χ0) is 20.3. The first-order valence-electron chi connectivity index (χ1n) is 9.34. The van der Waals surface area contributed by atoms with Crippen LogP contribution >= 0.6 is 0 Å². The number of nitro groups is 1. The number of amides is 1. The van der Waals surface area contributed by atoms with E-state index in [9.17, 15) is 14.9 Å². The highest BCUT2D eigenvalue weighted by Crippen LogP contribution is 2.36. The van der Waals surface area contributed by atoms with Crippen LogP contribution in [0, 0.1) is 10.1 Å². The summed E-state index contributed by atoms with van der Waals surface area (Å²) in [7, 11) is 0. The Labute approximate surface area is 164 Å². The minimum Gasteiger partial charge on any atom is -0.367 e. The van der Waals surface area contributed by atoms with Crippen molar-refractivity contribution in [2.24, 2.45) is 0 Å². The van der Waals surface area contributed by atoms with Crippen molar-refractivity contribution in [3.8, 4) is 0 Å². The second kappa shape index (κ2) is 7.98. The van der Waals surface area contributed by atoms with Crippen LogP contribution in [-0.4, -0.2) is 36.6 Å². The van der Waals surface area contributed by atoms with Gasteiger partial charge in [-0.1, -0.05) is 30.3 Å². The van der Waals surface area contributed by atoms with Gasteiger partial charge in [0.25, 0.3) is 11.6 Å². The van der Waals surface area contributed by atoms with Gasteiger partial charge in [-0.05, 0) is 38.5 Å². The summed E-state index contributed by atoms with van der Waals surface area (Å²) in [4.78, 5) is 25.5. The molecule has 0 saturated carbocycles. The highest BCUT2D eigenvalue weighted by atomic mass is 16.6. The maximum Gasteiger partial charge on any atom is 0.293 e. The second-order valence-electron chi connectivity index (χ2n) is 7.46. The van der Waals surface area contributed by atoms with E-state index in [-0.39, 0.29) is 23.2 Å². The Morgan fingerprint density at radius 2 is 1.96 bits per heavy atom. The molecule has 2 aromatic carbocycles. The lowest BCUT2D eigenvalue weighted by molar-refractivity contribution is -0.384. The topological polar surface area (TPSA) is 84.7 Å². The fraction of sp³-hybridized carbons (Fsp3) is 0.381. The number of anilines is 1. The van der Waals surface area contributed by atoms with Gasteiger partial charge >= 0.3 is 0 Å². The Balaban J connectivity index is 1.92. The highest BCUT2D eigenvalue weighted by molar-refractivity contribution is 5.96. The summed E-state index contributed by atoms with van der Waals surface area (Å²) in [6.07, 6.45) is 0. The Hall–Kier alpha value is -2.93. The number of hydrogen-bond acceptors (Lipinski definition) is 5. The van der Waals surface area contributed by atoms with Crippen molar-refractivity contribution in [1.82, 2.24) is 5.32 Å². The number of carbonyl (C=O) groups excluding carboxylic acids is 1. The lowest BCUT2D eigenvalue weighted by Gasteiger charge is -2.41. The molecule has 1 unspecified atom stereocenters. The molecule has 7 heteroatoms. The van der Waals surface area contributed by atoms with Crippen molar-refractivity contribution in [3.63, 3.8) is 0 Å². The van der Waals surface area contributed by atoms with Crippen LogP contribution in [0.5, 0.6) is 0 Å². The lowest BCUT2D eigenvalue weighted by Crippen LogP contribution is -2.48. The number of rotatable bonds is 5. The average molecular weight is 383 g/mol. The SMILES string of the molecule is CC(C)NC(=O)c1ccc(N2CCOC(C)(c3ccccc3)C2)c([N+](=O)[O-])c1. The molecular weight excluding hydrogens is 358 g/mol. The minimum atomic E-state index is -0.568. The van der Waals surface area contributed by atoms with Gasteiger partial charge in [0.05, 0.1) is 18.1 Å². The summed E-state index contributed by atoms with van der Waals surface area (Å²) in [5.41, 5.74) is 1.16. The first-order valence-corrected chi connectivity index (χ1v) is 9.34. The highest BCUT2D eigenvalue weighted by Gasteiger charge is 2.36. The van der Waals surface area contributed by atoms with Crippen molar-refractivity contribution >= 4 is 17.3 Å². The van der Waals surface area contributed by atoms with Crippen LogP contribution in [0.25, 0.3) is 0 Å². The molecule has 3 rings (SSSR count). The van der Waals surface area contributed by atoms with E-state index in [1.807, 2.05) is 56.0 Å². The third-order valence-electron chi connectivity index (χ3n) is 4.85. The molecule has 1 fully saturated rings. The van der Waals surface area contributed by atoms with E-state index >= 15 is 0 Å². The Morgan fingerprint density at radius 1 is 1.25 bits per heavy atom. The Bertz CT molecular complexity index is 869. The number of nitrogens with one attached hydrogen (secondary N) is 1. The molecule has 0 bridgehead atoms. The molecule has 0 aromatic heterocycles. The lowest BCUT2D eigenvalue weighted by atomic mass is 9.93. The fourth-order valence-electron chi connectivity index (χ4n) is 3.46. The summed E-state index contributed by atoms with van der Waals surface area (Å²) < 4.78 is 6.03. The number of morpholine rings is 1. The van der Waals surface area contributed by atoms with E-state index in [1.165, 1.54) is 6.07 Å². The molecule has 28 heavy (non-hydrogen) atoms. The number of carbonyl (C=O) groups is 1. The molecule has 1 aliphatic heterocycles. The third-order valence-corrected chi connectivity index (χ3v) is 4.85. The van der Waals surface area contributed by atoms with Gasteiger partial charge in [0.1, 0.15) is 11.3 Å². The molecular formula is C21H25N3O4. The largest absolute Gasteiger partial charge is 0.367 e. The normalized spacial score (nSPS) is 19.5. The molecule has 7 nitrogen and oxygen atoms in total. The van der Waals surface area contributed by atoms with Gasteiger partial charge in [-0.15, -0.1) is 0 Å². The predicted octanol–water partition coefficient (Wildman–Crippen LogP) is 3.49. The van der Waals surface area contributed by atoms with Crippen molar-refractivity contribution in [3.05, 3.63) is 69.8 Å². The molecule has 1 N–H and O–H groups in total. The van der Waals surface area contributed by atoms with Crippen LogP contribution in [0.2, 0.25) is 0 Å². The van der Waals surface area contributed by atoms with Gasteiger partial charge in [-0.25, -0.2) is 0 Å². The maximum atomic E-state index is 12.2. The first-order chi connectivity index (χ1) is 13.3. The summed E-state index contributed by atoms with van der Waals surface area (Å²) >= 11 is 0. The minimum absolute atomic E-state index is 0.0444. The van der Waals surface area contributed by atoms with Gasteiger partial charge in [-0.3, -0.25) is 14.9 Å². The van der Waals surface area contributed by atoms with Crippen LogP contribution in [0.4, 0.5) is 11.4 Å². The summed E-state index contributed by atoms with van der Waals surface area (Å²) in [6, 6.07) is 14.4. The van der Waals surface area contributed by atoms with Crippen molar-refractivity contribution in [2.45, 2.75) is 32.4 Å². The molecule has 1 aliphatic rings. The standard InChI is InChI=1S/C21H25N3O4/c1-15(2)22-20(25)16-9-10-18(19(13-16)24(26)27)23-11-12-28-21(3,14-23)17-7-5-4-6-8-17/h4-10,13,15H,11-12,14H2,1-3H3,(H,22,25). The van der Waals surface area contributed by atoms with Crippen LogP contribution in [0.15, 0.2) is 48.5 Å². The fourth-order valence-corrected chi connectivity index (χ4v) is 3.46. The Morgan fingerprint density at radius 3 is 2.61 bits per heavy atom. The van der Waals surface area contributed by atoms with Gasteiger partial charge in [0, 0.05) is 24.2 Å². The van der Waals surface area contributed by atoms with E-state index in [4.69, 9.17) is 4.74 Å². The first kappa shape index (κ1) is 19.8. The van der Waals surface area contributed by atoms with E-state index in [1.54, 1.807) is 12.1 Å². The van der Waals surface area contributed by atoms with Crippen LogP contribution in [0.1, 0.15) is 36.7 Å². The quantitative estimate of drug-likeness (QED) is 0.631. The van der Waals surface area contributed by atoms with Gasteiger partial charge in [-0.2, -0.15) is 0 Å². The van der Waals surface area contributed by atoms with Crippen molar-refractivity contribution < 1.29 is 14.5 Å². The van der Waals surface area contributed by atoms with Crippen molar-refractivity contribution in [2.75, 3.05) is 24.6 Å². The molecule has 1 amide bonds. The number of ether oxygens (including phenoxy) is 1. The molecule has 148 valence electrons. The molecule has 2 aromatic rings. The van der Waals surface area contributed by atoms with E-state index < -0.39 is 10.5 Å². The molecule has 0 spiro atoms. The summed E-state index contributed by atoms with van der Waals surface area (Å²) in [6.45, 7) is 7.16. The van der Waals surface area contributed by atoms with Gasteiger partial charge < -0.3 is 15.0 Å². The number of hydrogen-bond donors (Lipinski definition) is 1. The van der Waals surface area contributed by atoms with E-state index in [0.29, 0.717) is 25.4 Å². The van der Waals surface area contributed by atoms with Crippen LogP contribution in [-0.2, 0) is 10.3 Å². The molecule has 0 aliphatic carbocycles. The van der Waals surface area contributed by atoms with Crippen molar-refractivity contribution in [1.29, 1.82) is 0 Å².